The van der Waals surface area contributed by atoms with Gasteiger partial charge in [-0.1, -0.05) is 54.6 Å². The number of carbonyl (C=O) groups is 1. The fourth-order valence-corrected chi connectivity index (χ4v) is 4.18. The number of rotatable bonds is 5. The maximum Gasteiger partial charge on any atom is 0.189 e. The van der Waals surface area contributed by atoms with Crippen LogP contribution in [0.3, 0.4) is 0 Å². The predicted octanol–water partition coefficient (Wildman–Crippen LogP) is 4.18. The molecule has 1 aliphatic carbocycles. The number of fused-ring (bicyclic) bond motifs is 1. The number of aliphatic hydroxyl groups is 1. The van der Waals surface area contributed by atoms with Gasteiger partial charge in [0.25, 0.3) is 0 Å². The minimum Gasteiger partial charge on any atom is -0.388 e. The number of imidazole rings is 1. The van der Waals surface area contributed by atoms with Crippen LogP contribution in [0.2, 0.25) is 0 Å². The van der Waals surface area contributed by atoms with Crippen LogP contribution in [0.1, 0.15) is 35.2 Å². The standard InChI is InChI=1S/C25H23N3O2/c26-25(13-4-14-25)20-10-7-17(8-11-20)23-24(18-5-2-1-3-6-18)28-15-19(21(30)16-29)9-12-22(28)27-23/h1-3,5-12,15,29H,4,13-14,16,26H2. The molecule has 1 fully saturated rings. The van der Waals surface area contributed by atoms with Crippen molar-refractivity contribution in [2.75, 3.05) is 6.61 Å². The number of hydrogen-bond acceptors (Lipinski definition) is 4. The number of nitrogens with two attached hydrogens (primary N) is 1. The van der Waals surface area contributed by atoms with E-state index in [1.807, 2.05) is 40.8 Å². The van der Waals surface area contributed by atoms with E-state index in [2.05, 4.69) is 24.3 Å². The van der Waals surface area contributed by atoms with Gasteiger partial charge >= 0.3 is 0 Å². The summed E-state index contributed by atoms with van der Waals surface area (Å²) in [4.78, 5) is 16.9. The summed E-state index contributed by atoms with van der Waals surface area (Å²) >= 11 is 0. The SMILES string of the molecule is NC1(c2ccc(-c3nc4ccc(C(=O)CO)cn4c3-c3ccccc3)cc2)CCC1. The Balaban J connectivity index is 1.68. The Hall–Kier alpha value is -3.28. The lowest BCUT2D eigenvalue weighted by molar-refractivity contribution is 0.0903. The molecule has 3 N–H and O–H groups in total. The third kappa shape index (κ3) is 3.03. The highest BCUT2D eigenvalue weighted by molar-refractivity contribution is 5.97. The lowest BCUT2D eigenvalue weighted by Gasteiger charge is -2.38. The normalized spacial score (nSPS) is 15.1. The number of benzene rings is 2. The first-order valence-corrected chi connectivity index (χ1v) is 10.2. The number of carbonyl (C=O) groups excluding carboxylic acids is 1. The van der Waals surface area contributed by atoms with Gasteiger partial charge in [-0.05, 0) is 37.0 Å². The summed E-state index contributed by atoms with van der Waals surface area (Å²) in [6.45, 7) is -0.518. The summed E-state index contributed by atoms with van der Waals surface area (Å²) in [5.41, 5.74) is 12.4. The van der Waals surface area contributed by atoms with Crippen molar-refractivity contribution < 1.29 is 9.90 Å². The van der Waals surface area contributed by atoms with Crippen LogP contribution in [0.25, 0.3) is 28.2 Å². The largest absolute Gasteiger partial charge is 0.388 e. The van der Waals surface area contributed by atoms with Crippen LogP contribution in [-0.2, 0) is 5.54 Å². The van der Waals surface area contributed by atoms with E-state index < -0.39 is 6.61 Å². The third-order valence-electron chi connectivity index (χ3n) is 6.11. The molecule has 0 unspecified atom stereocenters. The second-order valence-corrected chi connectivity index (χ2v) is 7.99. The van der Waals surface area contributed by atoms with Crippen molar-refractivity contribution in [2.45, 2.75) is 24.8 Å². The molecule has 30 heavy (non-hydrogen) atoms. The van der Waals surface area contributed by atoms with Crippen molar-refractivity contribution in [1.29, 1.82) is 0 Å². The Morgan fingerprint density at radius 3 is 2.37 bits per heavy atom. The van der Waals surface area contributed by atoms with E-state index in [1.54, 1.807) is 12.3 Å². The van der Waals surface area contributed by atoms with Crippen molar-refractivity contribution in [1.82, 2.24) is 9.38 Å². The van der Waals surface area contributed by atoms with Crippen LogP contribution in [0.4, 0.5) is 0 Å². The minimum absolute atomic E-state index is 0.195. The molecule has 2 heterocycles. The van der Waals surface area contributed by atoms with Crippen molar-refractivity contribution in [2.24, 2.45) is 5.73 Å². The molecular weight excluding hydrogens is 374 g/mol. The first kappa shape index (κ1) is 18.7. The number of aliphatic hydroxyl groups excluding tert-OH is 1. The van der Waals surface area contributed by atoms with E-state index in [4.69, 9.17) is 10.7 Å². The molecular formula is C25H23N3O2. The summed E-state index contributed by atoms with van der Waals surface area (Å²) in [5.74, 6) is -0.316. The molecule has 0 saturated heterocycles. The highest BCUT2D eigenvalue weighted by Crippen LogP contribution is 2.40. The van der Waals surface area contributed by atoms with E-state index in [9.17, 15) is 9.90 Å². The van der Waals surface area contributed by atoms with Gasteiger partial charge in [0.2, 0.25) is 0 Å². The van der Waals surface area contributed by atoms with Gasteiger partial charge in [-0.15, -0.1) is 0 Å². The highest BCUT2D eigenvalue weighted by atomic mass is 16.3. The van der Waals surface area contributed by atoms with Gasteiger partial charge in [0, 0.05) is 28.4 Å². The summed E-state index contributed by atoms with van der Waals surface area (Å²) in [6, 6.07) is 21.9. The summed E-state index contributed by atoms with van der Waals surface area (Å²) in [6.07, 6.45) is 4.98. The molecule has 0 aliphatic heterocycles. The topological polar surface area (TPSA) is 80.6 Å². The molecule has 0 atom stereocenters. The van der Waals surface area contributed by atoms with Crippen molar-refractivity contribution in [3.8, 4) is 22.5 Å². The molecule has 5 heteroatoms. The maximum absolute atomic E-state index is 12.1. The second kappa shape index (κ2) is 7.20. The highest BCUT2D eigenvalue weighted by Gasteiger charge is 2.34. The summed E-state index contributed by atoms with van der Waals surface area (Å²) < 4.78 is 1.93. The van der Waals surface area contributed by atoms with Gasteiger partial charge in [0.05, 0.1) is 11.4 Å². The van der Waals surface area contributed by atoms with Gasteiger partial charge in [0.15, 0.2) is 5.78 Å². The smallest absolute Gasteiger partial charge is 0.189 e. The van der Waals surface area contributed by atoms with Crippen LogP contribution in [-0.4, -0.2) is 26.9 Å². The Kier molecular flexibility index (Phi) is 4.50. The average molecular weight is 397 g/mol. The number of hydrogen-bond donors (Lipinski definition) is 2. The van der Waals surface area contributed by atoms with Gasteiger partial charge in [-0.2, -0.15) is 0 Å². The summed E-state index contributed by atoms with van der Waals surface area (Å²) in [7, 11) is 0. The second-order valence-electron chi connectivity index (χ2n) is 7.99. The molecule has 0 spiro atoms. The van der Waals surface area contributed by atoms with Crippen molar-refractivity contribution in [3.05, 3.63) is 84.1 Å². The number of pyridine rings is 1. The molecule has 0 radical (unpaired) electrons. The molecule has 0 amide bonds. The first-order valence-electron chi connectivity index (χ1n) is 10.2. The molecule has 0 bridgehead atoms. The van der Waals surface area contributed by atoms with Crippen LogP contribution < -0.4 is 5.73 Å². The number of ketones is 1. The Labute approximate surface area is 174 Å². The maximum atomic E-state index is 12.1. The molecule has 150 valence electrons. The van der Waals surface area contributed by atoms with Crippen LogP contribution >= 0.6 is 0 Å². The summed E-state index contributed by atoms with van der Waals surface area (Å²) in [5, 5.41) is 9.26. The van der Waals surface area contributed by atoms with Crippen LogP contribution in [0, 0.1) is 0 Å². The van der Waals surface area contributed by atoms with E-state index in [0.717, 1.165) is 41.0 Å². The zero-order valence-electron chi connectivity index (χ0n) is 16.6. The molecule has 5 nitrogen and oxygen atoms in total. The molecule has 2 aromatic carbocycles. The molecule has 2 aromatic heterocycles. The van der Waals surface area contributed by atoms with Gasteiger partial charge in [-0.3, -0.25) is 9.20 Å². The zero-order valence-corrected chi connectivity index (χ0v) is 16.6. The fraction of sp³-hybridized carbons (Fsp3) is 0.200. The van der Waals surface area contributed by atoms with Gasteiger partial charge in [0.1, 0.15) is 12.3 Å². The van der Waals surface area contributed by atoms with Crippen molar-refractivity contribution >= 4 is 11.4 Å². The van der Waals surface area contributed by atoms with E-state index in [0.29, 0.717) is 5.56 Å². The van der Waals surface area contributed by atoms with E-state index >= 15 is 0 Å². The van der Waals surface area contributed by atoms with Crippen molar-refractivity contribution in [3.63, 3.8) is 0 Å². The first-order chi connectivity index (χ1) is 14.6. The van der Waals surface area contributed by atoms with E-state index in [1.165, 1.54) is 12.0 Å². The van der Waals surface area contributed by atoms with Crippen LogP contribution in [0.15, 0.2) is 72.9 Å². The quantitative estimate of drug-likeness (QED) is 0.495. The molecule has 5 rings (SSSR count). The number of aromatic nitrogens is 2. The zero-order chi connectivity index (χ0) is 20.7. The lowest BCUT2D eigenvalue weighted by atomic mass is 9.72. The predicted molar refractivity (Wildman–Crippen MR) is 117 cm³/mol. The Morgan fingerprint density at radius 2 is 1.73 bits per heavy atom. The minimum atomic E-state index is -0.518. The van der Waals surface area contributed by atoms with Crippen LogP contribution in [0.5, 0.6) is 0 Å². The average Bonchev–Trinajstić information content (AvgIpc) is 3.16. The fourth-order valence-electron chi connectivity index (χ4n) is 4.18. The molecule has 1 aliphatic rings. The number of Topliss-reactive ketones (excluding diaryl/α,β-unsaturated/α-hetero) is 1. The Morgan fingerprint density at radius 1 is 1.00 bits per heavy atom. The molecule has 4 aromatic rings. The number of nitrogens with zero attached hydrogens (tertiary/aromatic N) is 2. The van der Waals surface area contributed by atoms with Gasteiger partial charge in [-0.25, -0.2) is 4.98 Å². The molecule has 1 saturated carbocycles. The van der Waals surface area contributed by atoms with Gasteiger partial charge < -0.3 is 10.8 Å². The van der Waals surface area contributed by atoms with E-state index in [-0.39, 0.29) is 11.3 Å². The monoisotopic (exact) mass is 397 g/mol. The third-order valence-corrected chi connectivity index (χ3v) is 6.11. The lowest BCUT2D eigenvalue weighted by Crippen LogP contribution is -2.43. The Bertz CT molecular complexity index is 1220.